The lowest BCUT2D eigenvalue weighted by Gasteiger charge is -2.08. The van der Waals surface area contributed by atoms with Gasteiger partial charge in [0.2, 0.25) is 0 Å². The summed E-state index contributed by atoms with van der Waals surface area (Å²) in [5, 5.41) is 4.26. The molecule has 0 saturated carbocycles. The highest BCUT2D eigenvalue weighted by atomic mass is 15.2. The van der Waals surface area contributed by atoms with Crippen LogP contribution < -0.4 is 0 Å². The molecule has 4 rings (SSSR count). The Morgan fingerprint density at radius 2 is 1.50 bits per heavy atom. The zero-order chi connectivity index (χ0) is 14.9. The number of aryl methyl sites for hydroxylation is 1. The van der Waals surface area contributed by atoms with E-state index in [2.05, 4.69) is 65.5 Å². The van der Waals surface area contributed by atoms with Crippen LogP contribution >= 0.6 is 0 Å². The van der Waals surface area contributed by atoms with Crippen LogP contribution in [0, 0.1) is 6.92 Å². The van der Waals surface area contributed by atoms with E-state index >= 15 is 0 Å². The van der Waals surface area contributed by atoms with Gasteiger partial charge in [-0.15, -0.1) is 0 Å². The molecule has 22 heavy (non-hydrogen) atoms. The maximum Gasteiger partial charge on any atom is 0.161 e. The van der Waals surface area contributed by atoms with E-state index in [0.29, 0.717) is 0 Å². The number of benzene rings is 2. The van der Waals surface area contributed by atoms with Crippen molar-refractivity contribution in [3.8, 4) is 22.3 Å². The third-order valence-corrected chi connectivity index (χ3v) is 3.95. The number of imidazole rings is 1. The van der Waals surface area contributed by atoms with Crippen LogP contribution in [0.3, 0.4) is 0 Å². The summed E-state index contributed by atoms with van der Waals surface area (Å²) < 4.78 is 1.80. The Balaban J connectivity index is 1.79. The van der Waals surface area contributed by atoms with Gasteiger partial charge in [-0.1, -0.05) is 48.5 Å². The van der Waals surface area contributed by atoms with E-state index in [0.717, 1.165) is 16.8 Å². The largest absolute Gasteiger partial charge is 0.235 e. The summed E-state index contributed by atoms with van der Waals surface area (Å²) in [4.78, 5) is 4.39. The van der Waals surface area contributed by atoms with Crippen molar-refractivity contribution < 1.29 is 0 Å². The summed E-state index contributed by atoms with van der Waals surface area (Å²) in [5.74, 6) is 0. The first-order valence-corrected chi connectivity index (χ1v) is 7.28. The maximum absolute atomic E-state index is 4.39. The summed E-state index contributed by atoms with van der Waals surface area (Å²) in [7, 11) is 0. The number of aromatic nitrogens is 3. The van der Waals surface area contributed by atoms with Crippen molar-refractivity contribution in [2.45, 2.75) is 6.92 Å². The minimum Gasteiger partial charge on any atom is -0.235 e. The molecular weight excluding hydrogens is 270 g/mol. The van der Waals surface area contributed by atoms with E-state index in [1.54, 1.807) is 16.9 Å². The molecule has 0 atom stereocenters. The second-order valence-electron chi connectivity index (χ2n) is 5.33. The highest BCUT2D eigenvalue weighted by Crippen LogP contribution is 2.28. The average Bonchev–Trinajstić information content (AvgIpc) is 3.04. The molecular formula is C19H15N3. The van der Waals surface area contributed by atoms with Gasteiger partial charge in [0.05, 0.1) is 0 Å². The van der Waals surface area contributed by atoms with Gasteiger partial charge < -0.3 is 0 Å². The predicted octanol–water partition coefficient (Wildman–Crippen LogP) is 4.37. The third kappa shape index (κ3) is 2.07. The average molecular weight is 285 g/mol. The molecule has 0 spiro atoms. The molecule has 4 aromatic rings. The first-order valence-electron chi connectivity index (χ1n) is 7.28. The standard InChI is InChI=1S/C19H15N3/c1-14-4-2-3-5-17(14)15-6-8-16(9-7-15)18-10-11-21-22-13-12-20-19(18)22/h2-13H,1H3. The quantitative estimate of drug-likeness (QED) is 0.547. The fourth-order valence-electron chi connectivity index (χ4n) is 2.79. The van der Waals surface area contributed by atoms with Crippen molar-refractivity contribution in [2.75, 3.05) is 0 Å². The van der Waals surface area contributed by atoms with Crippen molar-refractivity contribution in [3.05, 3.63) is 78.8 Å². The topological polar surface area (TPSA) is 30.2 Å². The second kappa shape index (κ2) is 5.11. The van der Waals surface area contributed by atoms with Crippen LogP contribution in [0.5, 0.6) is 0 Å². The predicted molar refractivity (Wildman–Crippen MR) is 88.6 cm³/mol. The molecule has 2 aromatic carbocycles. The Morgan fingerprint density at radius 3 is 2.27 bits per heavy atom. The monoisotopic (exact) mass is 285 g/mol. The van der Waals surface area contributed by atoms with Crippen LogP contribution in [0.15, 0.2) is 73.2 Å². The van der Waals surface area contributed by atoms with Gasteiger partial charge in [-0.2, -0.15) is 5.10 Å². The highest BCUT2D eigenvalue weighted by molar-refractivity contribution is 5.79. The van der Waals surface area contributed by atoms with Crippen LogP contribution in [0.1, 0.15) is 5.56 Å². The SMILES string of the molecule is Cc1ccccc1-c1ccc(-c2ccnn3ccnc23)cc1. The maximum atomic E-state index is 4.39. The molecule has 0 amide bonds. The number of fused-ring (bicyclic) bond motifs is 1. The fraction of sp³-hybridized carbons (Fsp3) is 0.0526. The van der Waals surface area contributed by atoms with E-state index in [-0.39, 0.29) is 0 Å². The highest BCUT2D eigenvalue weighted by Gasteiger charge is 2.07. The Bertz CT molecular complexity index is 936. The minimum atomic E-state index is 0.881. The molecule has 0 fully saturated rings. The first-order chi connectivity index (χ1) is 10.8. The zero-order valence-corrected chi connectivity index (χ0v) is 12.3. The molecule has 0 aliphatic rings. The molecule has 106 valence electrons. The van der Waals surface area contributed by atoms with E-state index in [1.807, 2.05) is 12.3 Å². The second-order valence-corrected chi connectivity index (χ2v) is 5.33. The summed E-state index contributed by atoms with van der Waals surface area (Å²) in [5.41, 5.74) is 6.92. The molecule has 0 bridgehead atoms. The van der Waals surface area contributed by atoms with Crippen molar-refractivity contribution in [1.82, 2.24) is 14.6 Å². The van der Waals surface area contributed by atoms with Crippen molar-refractivity contribution in [2.24, 2.45) is 0 Å². The number of rotatable bonds is 2. The Hall–Kier alpha value is -2.94. The first kappa shape index (κ1) is 12.8. The van der Waals surface area contributed by atoms with Gasteiger partial charge in [0.1, 0.15) is 0 Å². The van der Waals surface area contributed by atoms with Crippen molar-refractivity contribution in [1.29, 1.82) is 0 Å². The summed E-state index contributed by atoms with van der Waals surface area (Å²) >= 11 is 0. The van der Waals surface area contributed by atoms with E-state index in [1.165, 1.54) is 16.7 Å². The summed E-state index contributed by atoms with van der Waals surface area (Å²) in [6.45, 7) is 2.14. The Kier molecular flexibility index (Phi) is 2.97. The van der Waals surface area contributed by atoms with E-state index < -0.39 is 0 Å². The van der Waals surface area contributed by atoms with Crippen LogP contribution in [-0.4, -0.2) is 14.6 Å². The lowest BCUT2D eigenvalue weighted by molar-refractivity contribution is 0.937. The summed E-state index contributed by atoms with van der Waals surface area (Å²) in [6.07, 6.45) is 5.44. The molecule has 3 nitrogen and oxygen atoms in total. The Labute approximate surface area is 128 Å². The fourth-order valence-corrected chi connectivity index (χ4v) is 2.79. The normalized spacial score (nSPS) is 11.0. The molecule has 0 unspecified atom stereocenters. The van der Waals surface area contributed by atoms with Crippen LogP contribution in [-0.2, 0) is 0 Å². The Morgan fingerprint density at radius 1 is 0.773 bits per heavy atom. The molecule has 0 aliphatic carbocycles. The van der Waals surface area contributed by atoms with Crippen molar-refractivity contribution >= 4 is 5.65 Å². The van der Waals surface area contributed by atoms with E-state index in [4.69, 9.17) is 0 Å². The van der Waals surface area contributed by atoms with Gasteiger partial charge in [0.25, 0.3) is 0 Å². The zero-order valence-electron chi connectivity index (χ0n) is 12.3. The number of nitrogens with zero attached hydrogens (tertiary/aromatic N) is 3. The van der Waals surface area contributed by atoms with Crippen LogP contribution in [0.4, 0.5) is 0 Å². The molecule has 0 saturated heterocycles. The van der Waals surface area contributed by atoms with Gasteiger partial charge in [-0.25, -0.2) is 9.50 Å². The molecule has 3 heteroatoms. The minimum absolute atomic E-state index is 0.881. The van der Waals surface area contributed by atoms with Gasteiger partial charge in [-0.05, 0) is 35.2 Å². The van der Waals surface area contributed by atoms with Gasteiger partial charge in [-0.3, -0.25) is 0 Å². The molecule has 2 aromatic heterocycles. The lowest BCUT2D eigenvalue weighted by Crippen LogP contribution is -1.92. The number of hydrogen-bond donors (Lipinski definition) is 0. The van der Waals surface area contributed by atoms with E-state index in [9.17, 15) is 0 Å². The third-order valence-electron chi connectivity index (χ3n) is 3.95. The molecule has 2 heterocycles. The van der Waals surface area contributed by atoms with Crippen molar-refractivity contribution in [3.63, 3.8) is 0 Å². The molecule has 0 radical (unpaired) electrons. The van der Waals surface area contributed by atoms with Crippen LogP contribution in [0.2, 0.25) is 0 Å². The van der Waals surface area contributed by atoms with Gasteiger partial charge in [0, 0.05) is 24.2 Å². The molecule has 0 N–H and O–H groups in total. The number of hydrogen-bond acceptors (Lipinski definition) is 2. The smallest absolute Gasteiger partial charge is 0.161 e. The van der Waals surface area contributed by atoms with Gasteiger partial charge >= 0.3 is 0 Å². The van der Waals surface area contributed by atoms with Gasteiger partial charge in [0.15, 0.2) is 5.65 Å². The summed E-state index contributed by atoms with van der Waals surface area (Å²) in [6, 6.07) is 19.1. The lowest BCUT2D eigenvalue weighted by atomic mass is 9.98. The molecule has 0 aliphatic heterocycles. The van der Waals surface area contributed by atoms with Crippen LogP contribution in [0.25, 0.3) is 27.9 Å².